The van der Waals surface area contributed by atoms with Gasteiger partial charge in [0, 0.05) is 30.4 Å². The molecule has 0 unspecified atom stereocenters. The van der Waals surface area contributed by atoms with Gasteiger partial charge in [-0.2, -0.15) is 0 Å². The highest BCUT2D eigenvalue weighted by Crippen LogP contribution is 2.17. The number of carbonyl (C=O) groups excluding carboxylic acids is 1. The van der Waals surface area contributed by atoms with Gasteiger partial charge in [0.1, 0.15) is 0 Å². The number of amides is 1. The first kappa shape index (κ1) is 17.3. The molecule has 1 heterocycles. The molecule has 0 saturated heterocycles. The fourth-order valence-corrected chi connectivity index (χ4v) is 3.27. The van der Waals surface area contributed by atoms with Crippen LogP contribution >= 0.6 is 11.8 Å². The van der Waals surface area contributed by atoms with E-state index in [0.29, 0.717) is 6.54 Å². The van der Waals surface area contributed by atoms with Gasteiger partial charge in [0.15, 0.2) is 0 Å². The van der Waals surface area contributed by atoms with Crippen LogP contribution in [-0.2, 0) is 17.1 Å². The van der Waals surface area contributed by atoms with Crippen molar-refractivity contribution in [1.82, 2.24) is 14.9 Å². The molecular formula is C20H21N3OS. The summed E-state index contributed by atoms with van der Waals surface area (Å²) in [7, 11) is 0. The molecule has 25 heavy (non-hydrogen) atoms. The van der Waals surface area contributed by atoms with Crippen molar-refractivity contribution in [3.8, 4) is 5.69 Å². The van der Waals surface area contributed by atoms with E-state index in [1.807, 2.05) is 60.2 Å². The molecule has 0 aliphatic heterocycles. The molecule has 0 aliphatic rings. The predicted molar refractivity (Wildman–Crippen MR) is 103 cm³/mol. The van der Waals surface area contributed by atoms with Crippen molar-refractivity contribution >= 4 is 17.7 Å². The summed E-state index contributed by atoms with van der Waals surface area (Å²) in [6.07, 6.45) is 5.42. The number of nitrogens with one attached hydrogen (secondary N) is 1. The summed E-state index contributed by atoms with van der Waals surface area (Å²) in [6, 6.07) is 18.3. The Labute approximate surface area is 152 Å². The zero-order valence-electron chi connectivity index (χ0n) is 14.1. The van der Waals surface area contributed by atoms with Gasteiger partial charge in [-0.25, -0.2) is 4.98 Å². The first-order valence-electron chi connectivity index (χ1n) is 8.23. The molecule has 0 radical (unpaired) electrons. The van der Waals surface area contributed by atoms with E-state index < -0.39 is 0 Å². The Hall–Kier alpha value is -2.53. The lowest BCUT2D eigenvalue weighted by Crippen LogP contribution is -2.30. The third-order valence-corrected chi connectivity index (χ3v) is 5.13. The molecule has 128 valence electrons. The number of benzene rings is 2. The predicted octanol–water partition coefficient (Wildman–Crippen LogP) is 3.81. The summed E-state index contributed by atoms with van der Waals surface area (Å²) < 4.78 is 1.95. The number of thioether (sulfide) groups is 1. The van der Waals surface area contributed by atoms with Crippen LogP contribution < -0.4 is 5.32 Å². The molecule has 4 nitrogen and oxygen atoms in total. The molecule has 1 atom stereocenters. The maximum Gasteiger partial charge on any atom is 0.233 e. The van der Waals surface area contributed by atoms with Crippen molar-refractivity contribution in [2.24, 2.45) is 0 Å². The quantitative estimate of drug-likeness (QED) is 0.704. The van der Waals surface area contributed by atoms with Crippen molar-refractivity contribution in [3.05, 3.63) is 84.4 Å². The fourth-order valence-electron chi connectivity index (χ4n) is 2.40. The van der Waals surface area contributed by atoms with Gasteiger partial charge in [-0.1, -0.05) is 42.5 Å². The Balaban J connectivity index is 1.46. The van der Waals surface area contributed by atoms with Crippen LogP contribution in [0.15, 0.2) is 73.3 Å². The van der Waals surface area contributed by atoms with Crippen LogP contribution in [0.4, 0.5) is 0 Å². The van der Waals surface area contributed by atoms with Crippen LogP contribution in [0.2, 0.25) is 0 Å². The van der Waals surface area contributed by atoms with Crippen molar-refractivity contribution < 1.29 is 4.79 Å². The first-order valence-corrected chi connectivity index (χ1v) is 9.28. The molecule has 2 aromatic carbocycles. The summed E-state index contributed by atoms with van der Waals surface area (Å²) in [5.74, 6) is 0.911. The number of aromatic nitrogens is 2. The minimum Gasteiger partial charge on any atom is -0.351 e. The molecule has 0 saturated carbocycles. The Bertz CT molecular complexity index is 786. The standard InChI is InChI=1S/C20H21N3OS/c1-16(25-14-18-5-3-2-4-6-18)20(24)22-13-17-7-9-19(10-8-17)23-12-11-21-15-23/h2-12,15-16H,13-14H2,1H3,(H,22,24)/t16-/m0/s1. The Morgan fingerprint density at radius 3 is 2.56 bits per heavy atom. The van der Waals surface area contributed by atoms with E-state index in [2.05, 4.69) is 22.4 Å². The minimum absolute atomic E-state index is 0.0691. The summed E-state index contributed by atoms with van der Waals surface area (Å²) in [6.45, 7) is 2.49. The number of hydrogen-bond acceptors (Lipinski definition) is 3. The monoisotopic (exact) mass is 351 g/mol. The van der Waals surface area contributed by atoms with Gasteiger partial charge in [-0.3, -0.25) is 4.79 Å². The Morgan fingerprint density at radius 1 is 1.12 bits per heavy atom. The van der Waals surface area contributed by atoms with Crippen LogP contribution in [0, 0.1) is 0 Å². The van der Waals surface area contributed by atoms with Crippen molar-refractivity contribution in [2.75, 3.05) is 0 Å². The van der Waals surface area contributed by atoms with E-state index in [1.165, 1.54) is 5.56 Å². The number of nitrogens with zero attached hydrogens (tertiary/aromatic N) is 2. The highest BCUT2D eigenvalue weighted by Gasteiger charge is 2.13. The third-order valence-electron chi connectivity index (χ3n) is 3.92. The lowest BCUT2D eigenvalue weighted by atomic mass is 10.2. The molecule has 0 aliphatic carbocycles. The fraction of sp³-hybridized carbons (Fsp3) is 0.200. The average Bonchev–Trinajstić information content (AvgIpc) is 3.20. The smallest absolute Gasteiger partial charge is 0.233 e. The van der Waals surface area contributed by atoms with Crippen LogP contribution in [0.5, 0.6) is 0 Å². The second kappa shape index (κ2) is 8.53. The second-order valence-corrected chi connectivity index (χ2v) is 7.12. The van der Waals surface area contributed by atoms with Gasteiger partial charge in [0.2, 0.25) is 5.91 Å². The number of imidazole rings is 1. The zero-order chi connectivity index (χ0) is 17.5. The maximum absolute atomic E-state index is 12.2. The molecule has 5 heteroatoms. The molecule has 1 aromatic heterocycles. The van der Waals surface area contributed by atoms with Crippen molar-refractivity contribution in [3.63, 3.8) is 0 Å². The van der Waals surface area contributed by atoms with E-state index in [1.54, 1.807) is 24.3 Å². The zero-order valence-corrected chi connectivity index (χ0v) is 14.9. The van der Waals surface area contributed by atoms with Gasteiger partial charge < -0.3 is 9.88 Å². The van der Waals surface area contributed by atoms with Crippen LogP contribution in [0.25, 0.3) is 5.69 Å². The molecule has 0 spiro atoms. The molecule has 0 fully saturated rings. The lowest BCUT2D eigenvalue weighted by Gasteiger charge is -2.12. The van der Waals surface area contributed by atoms with Crippen LogP contribution in [0.3, 0.4) is 0 Å². The highest BCUT2D eigenvalue weighted by atomic mass is 32.2. The van der Waals surface area contributed by atoms with Gasteiger partial charge in [-0.15, -0.1) is 11.8 Å². The van der Waals surface area contributed by atoms with E-state index in [0.717, 1.165) is 17.0 Å². The minimum atomic E-state index is -0.0783. The number of rotatable bonds is 7. The third kappa shape index (κ3) is 4.97. The highest BCUT2D eigenvalue weighted by molar-refractivity contribution is 7.99. The van der Waals surface area contributed by atoms with E-state index in [-0.39, 0.29) is 11.2 Å². The molecule has 3 rings (SSSR count). The van der Waals surface area contributed by atoms with E-state index in [4.69, 9.17) is 0 Å². The summed E-state index contributed by atoms with van der Waals surface area (Å²) >= 11 is 1.65. The Kier molecular flexibility index (Phi) is 5.90. The molecule has 0 bridgehead atoms. The van der Waals surface area contributed by atoms with Gasteiger partial charge in [-0.05, 0) is 30.2 Å². The Morgan fingerprint density at radius 2 is 1.88 bits per heavy atom. The number of carbonyl (C=O) groups is 1. The SMILES string of the molecule is C[C@H](SCc1ccccc1)C(=O)NCc1ccc(-n2ccnc2)cc1. The largest absolute Gasteiger partial charge is 0.351 e. The molecule has 3 aromatic rings. The normalized spacial score (nSPS) is 11.9. The summed E-state index contributed by atoms with van der Waals surface area (Å²) in [5, 5.41) is 2.93. The van der Waals surface area contributed by atoms with Crippen molar-refractivity contribution in [2.45, 2.75) is 24.5 Å². The number of hydrogen-bond donors (Lipinski definition) is 1. The lowest BCUT2D eigenvalue weighted by molar-refractivity contribution is -0.120. The molecular weight excluding hydrogens is 330 g/mol. The van der Waals surface area contributed by atoms with E-state index in [9.17, 15) is 4.79 Å². The molecule has 1 N–H and O–H groups in total. The first-order chi connectivity index (χ1) is 12.2. The summed E-state index contributed by atoms with van der Waals surface area (Å²) in [4.78, 5) is 16.3. The van der Waals surface area contributed by atoms with Gasteiger partial charge in [0.05, 0.1) is 11.6 Å². The van der Waals surface area contributed by atoms with Gasteiger partial charge in [0.25, 0.3) is 0 Å². The van der Waals surface area contributed by atoms with Crippen molar-refractivity contribution in [1.29, 1.82) is 0 Å². The van der Waals surface area contributed by atoms with Crippen LogP contribution in [0.1, 0.15) is 18.1 Å². The average molecular weight is 351 g/mol. The second-order valence-electron chi connectivity index (χ2n) is 5.79. The molecule has 1 amide bonds. The topological polar surface area (TPSA) is 46.9 Å². The summed E-state index contributed by atoms with van der Waals surface area (Å²) in [5.41, 5.74) is 3.37. The van der Waals surface area contributed by atoms with Crippen LogP contribution in [-0.4, -0.2) is 20.7 Å². The van der Waals surface area contributed by atoms with Gasteiger partial charge >= 0.3 is 0 Å². The maximum atomic E-state index is 12.2. The van der Waals surface area contributed by atoms with E-state index >= 15 is 0 Å².